The Morgan fingerprint density at radius 3 is 2.96 bits per heavy atom. The lowest BCUT2D eigenvalue weighted by molar-refractivity contribution is -0.143. The number of carboxylic acids is 1. The van der Waals surface area contributed by atoms with E-state index in [9.17, 15) is 9.90 Å². The number of hydrogen-bond acceptors (Lipinski definition) is 5. The Morgan fingerprint density at radius 2 is 2.22 bits per heavy atom. The number of benzene rings is 1. The zero-order valence-corrected chi connectivity index (χ0v) is 13.1. The lowest BCUT2D eigenvalue weighted by atomic mass is 10.0. The summed E-state index contributed by atoms with van der Waals surface area (Å²) >= 11 is 0. The molecular formula is C16H19N3O4. The largest absolute Gasteiger partial charge is 0.480 e. The normalized spacial score (nSPS) is 14.2. The molecule has 122 valence electrons. The van der Waals surface area contributed by atoms with Crippen LogP contribution < -0.4 is 9.47 Å². The Hall–Kier alpha value is -2.54. The number of aryl methyl sites for hydroxylation is 1. The smallest absolute Gasteiger partial charge is 0.325 e. The van der Waals surface area contributed by atoms with E-state index in [1.54, 1.807) is 36.3 Å². The van der Waals surface area contributed by atoms with Gasteiger partial charge in [0.15, 0.2) is 11.5 Å². The van der Waals surface area contributed by atoms with E-state index in [4.69, 9.17) is 9.47 Å². The first-order valence-electron chi connectivity index (χ1n) is 7.42. The minimum absolute atomic E-state index is 0.167. The lowest BCUT2D eigenvalue weighted by Gasteiger charge is -2.25. The minimum Gasteiger partial charge on any atom is -0.480 e. The molecule has 0 bridgehead atoms. The van der Waals surface area contributed by atoms with E-state index in [0.29, 0.717) is 23.6 Å². The number of aliphatic carboxylic acids is 1. The third-order valence-electron chi connectivity index (χ3n) is 3.92. The van der Waals surface area contributed by atoms with Crippen LogP contribution in [-0.2, 0) is 17.9 Å². The molecule has 1 aliphatic rings. The van der Waals surface area contributed by atoms with Crippen molar-refractivity contribution in [1.82, 2.24) is 14.5 Å². The van der Waals surface area contributed by atoms with Gasteiger partial charge in [-0.15, -0.1) is 0 Å². The summed E-state index contributed by atoms with van der Waals surface area (Å²) in [5.74, 6) is 1.14. The average molecular weight is 317 g/mol. The fourth-order valence-electron chi connectivity index (χ4n) is 2.76. The highest BCUT2D eigenvalue weighted by molar-refractivity contribution is 5.76. The van der Waals surface area contributed by atoms with Gasteiger partial charge in [0.1, 0.15) is 11.9 Å². The second-order valence-corrected chi connectivity index (χ2v) is 5.40. The van der Waals surface area contributed by atoms with Gasteiger partial charge in [0.25, 0.3) is 0 Å². The molecule has 2 heterocycles. The highest BCUT2D eigenvalue weighted by Crippen LogP contribution is 2.35. The van der Waals surface area contributed by atoms with Crippen LogP contribution in [0.1, 0.15) is 24.4 Å². The van der Waals surface area contributed by atoms with Crippen molar-refractivity contribution >= 4 is 5.97 Å². The minimum atomic E-state index is -0.916. The van der Waals surface area contributed by atoms with E-state index in [1.165, 1.54) is 0 Å². The summed E-state index contributed by atoms with van der Waals surface area (Å²) in [6.45, 7) is 3.43. The Morgan fingerprint density at radius 1 is 1.43 bits per heavy atom. The summed E-state index contributed by atoms with van der Waals surface area (Å²) in [6.07, 6.45) is 3.61. The number of carboxylic acid groups (broad SMARTS) is 1. The number of aromatic nitrogens is 2. The molecule has 1 N–H and O–H groups in total. The van der Waals surface area contributed by atoms with Crippen LogP contribution in [0.3, 0.4) is 0 Å². The molecule has 0 saturated heterocycles. The molecule has 0 saturated carbocycles. The maximum Gasteiger partial charge on any atom is 0.325 e. The Bertz CT molecular complexity index is 713. The van der Waals surface area contributed by atoms with Crippen molar-refractivity contribution in [2.75, 3.05) is 13.8 Å². The van der Waals surface area contributed by atoms with E-state index < -0.39 is 12.0 Å². The standard InChI is InChI=1S/C16H19N3O4/c1-3-19-7-6-17-14(19)9-18(2)15(16(20)21)11-4-5-12-13(8-11)23-10-22-12/h4-8,15H,3,9-10H2,1-2H3,(H,20,21)/t15-/m0/s1. The highest BCUT2D eigenvalue weighted by atomic mass is 16.7. The molecule has 0 amide bonds. The number of likely N-dealkylation sites (N-methyl/N-ethyl adjacent to an activating group) is 1. The van der Waals surface area contributed by atoms with E-state index in [0.717, 1.165) is 12.4 Å². The molecule has 7 heteroatoms. The van der Waals surface area contributed by atoms with Crippen molar-refractivity contribution in [3.63, 3.8) is 0 Å². The molecule has 1 aromatic carbocycles. The van der Waals surface area contributed by atoms with Gasteiger partial charge in [-0.25, -0.2) is 4.98 Å². The second-order valence-electron chi connectivity index (χ2n) is 5.40. The van der Waals surface area contributed by atoms with Crippen LogP contribution in [-0.4, -0.2) is 39.4 Å². The van der Waals surface area contributed by atoms with Crippen LogP contribution in [0.15, 0.2) is 30.6 Å². The number of fused-ring (bicyclic) bond motifs is 1. The first-order chi connectivity index (χ1) is 11.1. The average Bonchev–Trinajstić information content (AvgIpc) is 3.14. The van der Waals surface area contributed by atoms with E-state index in [2.05, 4.69) is 4.98 Å². The summed E-state index contributed by atoms with van der Waals surface area (Å²) in [4.78, 5) is 17.8. The molecule has 23 heavy (non-hydrogen) atoms. The van der Waals surface area contributed by atoms with Gasteiger partial charge in [0.05, 0.1) is 6.54 Å². The van der Waals surface area contributed by atoms with E-state index in [1.807, 2.05) is 17.7 Å². The third-order valence-corrected chi connectivity index (χ3v) is 3.92. The predicted octanol–water partition coefficient (Wildman–Crippen LogP) is 1.89. The number of hydrogen-bond donors (Lipinski definition) is 1. The summed E-state index contributed by atoms with van der Waals surface area (Å²) in [5, 5.41) is 9.66. The van der Waals surface area contributed by atoms with Crippen molar-refractivity contribution in [2.24, 2.45) is 0 Å². The predicted molar refractivity (Wildman–Crippen MR) is 82.3 cm³/mol. The molecule has 0 spiro atoms. The first kappa shape index (κ1) is 15.4. The van der Waals surface area contributed by atoms with Gasteiger partial charge in [-0.1, -0.05) is 6.07 Å². The molecule has 1 atom stereocenters. The second kappa shape index (κ2) is 6.29. The number of nitrogens with zero attached hydrogens (tertiary/aromatic N) is 3. The van der Waals surface area contributed by atoms with Crippen molar-refractivity contribution in [2.45, 2.75) is 26.1 Å². The number of imidazole rings is 1. The topological polar surface area (TPSA) is 76.8 Å². The van der Waals surface area contributed by atoms with E-state index in [-0.39, 0.29) is 6.79 Å². The van der Waals surface area contributed by atoms with Crippen LogP contribution in [0.2, 0.25) is 0 Å². The first-order valence-corrected chi connectivity index (χ1v) is 7.42. The van der Waals surface area contributed by atoms with Gasteiger partial charge in [-0.2, -0.15) is 0 Å². The Balaban J connectivity index is 1.85. The molecule has 0 aliphatic carbocycles. The zero-order chi connectivity index (χ0) is 16.4. The summed E-state index contributed by atoms with van der Waals surface area (Å²) in [7, 11) is 1.78. The zero-order valence-electron chi connectivity index (χ0n) is 13.1. The molecule has 1 aromatic heterocycles. The fraction of sp³-hybridized carbons (Fsp3) is 0.375. The Kier molecular flexibility index (Phi) is 4.20. The molecule has 2 aromatic rings. The number of carbonyl (C=O) groups is 1. The number of rotatable bonds is 6. The van der Waals surface area contributed by atoms with Gasteiger partial charge >= 0.3 is 5.97 Å². The van der Waals surface area contributed by atoms with Crippen LogP contribution in [0.5, 0.6) is 11.5 Å². The molecule has 0 fully saturated rings. The SMILES string of the molecule is CCn1ccnc1CN(C)[C@H](C(=O)O)c1ccc2c(c1)OCO2. The van der Waals surface area contributed by atoms with E-state index >= 15 is 0 Å². The molecule has 0 unspecified atom stereocenters. The van der Waals surface area contributed by atoms with Crippen LogP contribution in [0, 0.1) is 0 Å². The van der Waals surface area contributed by atoms with Gasteiger partial charge in [0, 0.05) is 18.9 Å². The molecule has 7 nitrogen and oxygen atoms in total. The maximum atomic E-state index is 11.8. The van der Waals surface area contributed by atoms with Crippen LogP contribution in [0.4, 0.5) is 0 Å². The van der Waals surface area contributed by atoms with Gasteiger partial charge in [-0.3, -0.25) is 9.69 Å². The van der Waals surface area contributed by atoms with Gasteiger partial charge < -0.3 is 19.1 Å². The van der Waals surface area contributed by atoms with Gasteiger partial charge in [-0.05, 0) is 31.7 Å². The summed E-state index contributed by atoms with van der Waals surface area (Å²) in [6, 6.07) is 4.44. The molecule has 0 radical (unpaired) electrons. The highest BCUT2D eigenvalue weighted by Gasteiger charge is 2.27. The summed E-state index contributed by atoms with van der Waals surface area (Å²) in [5.41, 5.74) is 0.652. The van der Waals surface area contributed by atoms with Crippen molar-refractivity contribution in [3.05, 3.63) is 42.0 Å². The van der Waals surface area contributed by atoms with Crippen molar-refractivity contribution in [3.8, 4) is 11.5 Å². The maximum absolute atomic E-state index is 11.8. The van der Waals surface area contributed by atoms with Crippen LogP contribution in [0.25, 0.3) is 0 Å². The van der Waals surface area contributed by atoms with Crippen LogP contribution >= 0.6 is 0 Å². The van der Waals surface area contributed by atoms with Gasteiger partial charge in [0.2, 0.25) is 6.79 Å². The Labute approximate surface area is 134 Å². The van der Waals surface area contributed by atoms with Crippen molar-refractivity contribution < 1.29 is 19.4 Å². The molecular weight excluding hydrogens is 298 g/mol. The monoisotopic (exact) mass is 317 g/mol. The lowest BCUT2D eigenvalue weighted by Crippen LogP contribution is -2.31. The summed E-state index contributed by atoms with van der Waals surface area (Å²) < 4.78 is 12.6. The molecule has 3 rings (SSSR count). The quantitative estimate of drug-likeness (QED) is 0.877. The fourth-order valence-corrected chi connectivity index (χ4v) is 2.76. The molecule has 1 aliphatic heterocycles. The number of ether oxygens (including phenoxy) is 2. The van der Waals surface area contributed by atoms with Crippen molar-refractivity contribution in [1.29, 1.82) is 0 Å². The third kappa shape index (κ3) is 3.00.